The molecule has 3 aliphatic heterocycles. The van der Waals surface area contributed by atoms with Gasteiger partial charge < -0.3 is 0 Å². The average molecular weight is 272 g/mol. The van der Waals surface area contributed by atoms with Gasteiger partial charge in [0.05, 0.1) is 11.7 Å². The van der Waals surface area contributed by atoms with Gasteiger partial charge in [0.25, 0.3) is 0 Å². The fraction of sp³-hybridized carbons (Fsp3) is 0.750. The van der Waals surface area contributed by atoms with Crippen LogP contribution >= 0.6 is 22.9 Å². The fourth-order valence-corrected chi connectivity index (χ4v) is 3.80. The molecule has 0 aliphatic carbocycles. The van der Waals surface area contributed by atoms with Crippen LogP contribution in [0.3, 0.4) is 0 Å². The number of hydrogen-bond acceptors (Lipinski definition) is 4. The summed E-state index contributed by atoms with van der Waals surface area (Å²) < 4.78 is 0. The van der Waals surface area contributed by atoms with E-state index in [1.165, 1.54) is 43.4 Å². The van der Waals surface area contributed by atoms with Crippen molar-refractivity contribution in [1.29, 1.82) is 0 Å². The molecule has 3 saturated heterocycles. The average Bonchev–Trinajstić information content (AvgIpc) is 2.86. The van der Waals surface area contributed by atoms with Crippen LogP contribution in [-0.4, -0.2) is 53.4 Å². The molecule has 0 spiro atoms. The summed E-state index contributed by atoms with van der Waals surface area (Å²) in [6, 6.07) is 0.548. The zero-order chi connectivity index (χ0) is 11.7. The number of halogens is 1. The molecule has 4 rings (SSSR count). The Bertz CT molecular complexity index is 374. The van der Waals surface area contributed by atoms with E-state index in [2.05, 4.69) is 15.2 Å². The lowest BCUT2D eigenvalue weighted by atomic mass is 10.1. The van der Waals surface area contributed by atoms with Crippen molar-refractivity contribution in [3.8, 4) is 0 Å². The molecular formula is C12H18ClN3S. The van der Waals surface area contributed by atoms with Gasteiger partial charge in [-0.1, -0.05) is 0 Å². The van der Waals surface area contributed by atoms with Crippen LogP contribution in [0.25, 0.3) is 0 Å². The van der Waals surface area contributed by atoms with E-state index in [4.69, 9.17) is 16.6 Å². The van der Waals surface area contributed by atoms with Gasteiger partial charge in [0.15, 0.2) is 0 Å². The number of fused-ring (bicyclic) bond motifs is 3. The smallest absolute Gasteiger partial charge is 0.111 e. The van der Waals surface area contributed by atoms with E-state index in [-0.39, 0.29) is 0 Å². The van der Waals surface area contributed by atoms with E-state index in [9.17, 15) is 0 Å². The number of aromatic nitrogens is 1. The Morgan fingerprint density at radius 2 is 2.18 bits per heavy atom. The molecule has 1 aromatic heterocycles. The minimum absolute atomic E-state index is 0.548. The molecular weight excluding hydrogens is 254 g/mol. The molecule has 0 aromatic carbocycles. The number of rotatable bonds is 4. The molecule has 0 saturated carbocycles. The van der Waals surface area contributed by atoms with Crippen molar-refractivity contribution >= 4 is 22.9 Å². The maximum atomic E-state index is 5.72. The van der Waals surface area contributed by atoms with E-state index < -0.39 is 0 Å². The van der Waals surface area contributed by atoms with Crippen LogP contribution in [-0.2, 0) is 6.42 Å². The molecule has 0 amide bonds. The summed E-state index contributed by atoms with van der Waals surface area (Å²) in [6.45, 7) is 6.06. The Hall–Kier alpha value is -0.160. The van der Waals surface area contributed by atoms with E-state index in [0.717, 1.165) is 18.7 Å². The number of aryl methyl sites for hydroxylation is 1. The van der Waals surface area contributed by atoms with Gasteiger partial charge in [-0.3, -0.25) is 9.80 Å². The minimum Gasteiger partial charge on any atom is -0.299 e. The van der Waals surface area contributed by atoms with Crippen molar-refractivity contribution in [2.75, 3.05) is 38.6 Å². The molecule has 1 unspecified atom stereocenters. The van der Waals surface area contributed by atoms with E-state index in [1.54, 1.807) is 0 Å². The first-order valence-corrected chi connectivity index (χ1v) is 7.75. The second kappa shape index (κ2) is 5.22. The number of hydrogen-bond donors (Lipinski definition) is 0. The highest BCUT2D eigenvalue weighted by Gasteiger charge is 2.34. The fourth-order valence-electron chi connectivity index (χ4n) is 2.69. The number of alkyl halides is 1. The van der Waals surface area contributed by atoms with Crippen LogP contribution in [0, 0.1) is 0 Å². The third-order valence-corrected chi connectivity index (χ3v) is 4.96. The first-order valence-electron chi connectivity index (χ1n) is 6.33. The van der Waals surface area contributed by atoms with Crippen LogP contribution in [0.1, 0.15) is 23.2 Å². The summed E-state index contributed by atoms with van der Waals surface area (Å²) in [4.78, 5) is 9.93. The zero-order valence-electron chi connectivity index (χ0n) is 9.94. The van der Waals surface area contributed by atoms with Crippen LogP contribution in [0.2, 0.25) is 0 Å². The summed E-state index contributed by atoms with van der Waals surface area (Å²) in [7, 11) is 0. The molecule has 17 heavy (non-hydrogen) atoms. The van der Waals surface area contributed by atoms with E-state index in [1.807, 2.05) is 11.3 Å². The lowest BCUT2D eigenvalue weighted by molar-refractivity contribution is 0.0122. The molecule has 1 aromatic rings. The van der Waals surface area contributed by atoms with E-state index >= 15 is 0 Å². The van der Waals surface area contributed by atoms with Gasteiger partial charge in [0, 0.05) is 44.0 Å². The summed E-state index contributed by atoms with van der Waals surface area (Å²) in [5, 5.41) is 3.51. The molecule has 94 valence electrons. The second-order valence-corrected chi connectivity index (χ2v) is 6.09. The molecule has 2 bridgehead atoms. The molecule has 3 nitrogen and oxygen atoms in total. The van der Waals surface area contributed by atoms with Crippen molar-refractivity contribution in [2.24, 2.45) is 0 Å². The third-order valence-electron chi connectivity index (χ3n) is 3.70. The Kier molecular flexibility index (Phi) is 3.66. The molecule has 4 heterocycles. The highest BCUT2D eigenvalue weighted by atomic mass is 35.5. The summed E-state index contributed by atoms with van der Waals surface area (Å²) in [5.41, 5.74) is 1.23. The Balaban J connectivity index is 1.69. The van der Waals surface area contributed by atoms with Crippen molar-refractivity contribution in [2.45, 2.75) is 18.9 Å². The highest BCUT2D eigenvalue weighted by Crippen LogP contribution is 2.30. The van der Waals surface area contributed by atoms with Crippen molar-refractivity contribution in [1.82, 2.24) is 14.8 Å². The van der Waals surface area contributed by atoms with Gasteiger partial charge in [-0.25, -0.2) is 4.98 Å². The van der Waals surface area contributed by atoms with Gasteiger partial charge in [0.2, 0.25) is 0 Å². The first-order chi connectivity index (χ1) is 8.36. The van der Waals surface area contributed by atoms with Crippen molar-refractivity contribution < 1.29 is 0 Å². The maximum absolute atomic E-state index is 5.72. The summed E-state index contributed by atoms with van der Waals surface area (Å²) in [6.07, 6.45) is 2.06. The van der Waals surface area contributed by atoms with Crippen molar-refractivity contribution in [3.05, 3.63) is 16.1 Å². The maximum Gasteiger partial charge on any atom is 0.111 e. The Morgan fingerprint density at radius 1 is 1.35 bits per heavy atom. The molecule has 0 radical (unpaired) electrons. The molecule has 3 fully saturated rings. The number of thiazole rings is 1. The first kappa shape index (κ1) is 11.9. The monoisotopic (exact) mass is 271 g/mol. The summed E-state index contributed by atoms with van der Waals surface area (Å²) in [5.74, 6) is 0.732. The quantitative estimate of drug-likeness (QED) is 0.781. The van der Waals surface area contributed by atoms with Gasteiger partial charge in [-0.15, -0.1) is 22.9 Å². The van der Waals surface area contributed by atoms with Crippen molar-refractivity contribution in [3.63, 3.8) is 0 Å². The predicted molar refractivity (Wildman–Crippen MR) is 71.9 cm³/mol. The summed E-state index contributed by atoms with van der Waals surface area (Å²) >= 11 is 7.54. The minimum atomic E-state index is 0.548. The Labute approximate surface area is 111 Å². The van der Waals surface area contributed by atoms with Gasteiger partial charge in [-0.05, 0) is 12.8 Å². The molecule has 1 atom stereocenters. The third kappa shape index (κ3) is 2.50. The molecule has 3 aliphatic rings. The standard InChI is InChI=1S/C12H18ClN3S/c13-3-1-2-10-9-17-12(14-10)11-8-15-4-6-16(11)7-5-15/h9,11H,1-8H2. The van der Waals surface area contributed by atoms with Crippen LogP contribution < -0.4 is 0 Å². The van der Waals surface area contributed by atoms with E-state index in [0.29, 0.717) is 6.04 Å². The lowest BCUT2D eigenvalue weighted by Crippen LogP contribution is -2.56. The zero-order valence-corrected chi connectivity index (χ0v) is 11.5. The second-order valence-electron chi connectivity index (χ2n) is 4.82. The van der Waals surface area contributed by atoms with Gasteiger partial charge in [0.1, 0.15) is 5.01 Å². The normalized spacial score (nSPS) is 31.9. The van der Waals surface area contributed by atoms with Gasteiger partial charge in [-0.2, -0.15) is 0 Å². The van der Waals surface area contributed by atoms with Crippen LogP contribution in [0.15, 0.2) is 5.38 Å². The lowest BCUT2D eigenvalue weighted by Gasteiger charge is -2.46. The highest BCUT2D eigenvalue weighted by molar-refractivity contribution is 7.09. The number of nitrogens with zero attached hydrogens (tertiary/aromatic N) is 3. The predicted octanol–water partition coefficient (Wildman–Crippen LogP) is 1.99. The van der Waals surface area contributed by atoms with Gasteiger partial charge >= 0.3 is 0 Å². The Morgan fingerprint density at radius 3 is 2.82 bits per heavy atom. The molecule has 5 heteroatoms. The largest absolute Gasteiger partial charge is 0.299 e. The topological polar surface area (TPSA) is 19.4 Å². The number of piperazine rings is 3. The molecule has 0 N–H and O–H groups in total. The van der Waals surface area contributed by atoms with Crippen LogP contribution in [0.5, 0.6) is 0 Å². The SMILES string of the molecule is ClCCCc1csc(C2CN3CCN2CC3)n1. The van der Waals surface area contributed by atoms with Crippen LogP contribution in [0.4, 0.5) is 0 Å².